The predicted octanol–water partition coefficient (Wildman–Crippen LogP) is 0.148. The van der Waals surface area contributed by atoms with E-state index in [1.54, 1.807) is 4.31 Å². The summed E-state index contributed by atoms with van der Waals surface area (Å²) in [5, 5.41) is 0. The van der Waals surface area contributed by atoms with Gasteiger partial charge in [-0.3, -0.25) is 0 Å². The molecule has 0 spiro atoms. The summed E-state index contributed by atoms with van der Waals surface area (Å²) >= 11 is 0. The Labute approximate surface area is 85.5 Å². The quantitative estimate of drug-likeness (QED) is 0.733. The summed E-state index contributed by atoms with van der Waals surface area (Å²) < 4.78 is 25.4. The third kappa shape index (κ3) is 1.94. The molecule has 2 atom stereocenters. The number of rotatable bonds is 3. The zero-order valence-electron chi connectivity index (χ0n) is 8.52. The van der Waals surface area contributed by atoms with Gasteiger partial charge in [0, 0.05) is 18.6 Å². The first-order valence-corrected chi connectivity index (χ1v) is 6.87. The Balaban J connectivity index is 2.05. The minimum Gasteiger partial charge on any atom is -0.326 e. The van der Waals surface area contributed by atoms with E-state index in [0.29, 0.717) is 18.2 Å². The summed E-state index contributed by atoms with van der Waals surface area (Å²) in [6.07, 6.45) is 2.95. The normalized spacial score (nSPS) is 35.0. The van der Waals surface area contributed by atoms with Gasteiger partial charge in [0.25, 0.3) is 0 Å². The topological polar surface area (TPSA) is 63.4 Å². The standard InChI is InChI=1S/C9H18N2O2S/c1-7-9(10)4-5-11(7)14(12,13)6-8-2-3-8/h7-9H,2-6,10H2,1H3. The van der Waals surface area contributed by atoms with Crippen molar-refractivity contribution >= 4 is 10.0 Å². The highest BCUT2D eigenvalue weighted by molar-refractivity contribution is 7.89. The van der Waals surface area contributed by atoms with Crippen LogP contribution in [0, 0.1) is 5.92 Å². The van der Waals surface area contributed by atoms with E-state index in [0.717, 1.165) is 19.3 Å². The van der Waals surface area contributed by atoms with Crippen molar-refractivity contribution in [2.75, 3.05) is 12.3 Å². The number of nitrogens with two attached hydrogens (primary N) is 1. The number of hydrogen-bond donors (Lipinski definition) is 1. The molecule has 2 unspecified atom stereocenters. The van der Waals surface area contributed by atoms with Crippen molar-refractivity contribution in [2.24, 2.45) is 11.7 Å². The van der Waals surface area contributed by atoms with Gasteiger partial charge in [-0.2, -0.15) is 4.31 Å². The van der Waals surface area contributed by atoms with Crippen molar-refractivity contribution < 1.29 is 8.42 Å². The molecule has 0 aromatic heterocycles. The van der Waals surface area contributed by atoms with Crippen LogP contribution < -0.4 is 5.73 Å². The van der Waals surface area contributed by atoms with Crippen molar-refractivity contribution in [1.29, 1.82) is 0 Å². The van der Waals surface area contributed by atoms with Crippen LogP contribution in [-0.2, 0) is 10.0 Å². The second-order valence-corrected chi connectivity index (χ2v) is 6.49. The molecule has 4 nitrogen and oxygen atoms in total. The maximum Gasteiger partial charge on any atom is 0.214 e. The third-order valence-corrected chi connectivity index (χ3v) is 5.38. The van der Waals surface area contributed by atoms with Gasteiger partial charge in [-0.15, -0.1) is 0 Å². The lowest BCUT2D eigenvalue weighted by atomic mass is 10.2. The average Bonchev–Trinajstić information content (AvgIpc) is 2.80. The molecular formula is C9H18N2O2S. The highest BCUT2D eigenvalue weighted by atomic mass is 32.2. The average molecular weight is 218 g/mol. The fourth-order valence-corrected chi connectivity index (χ4v) is 4.17. The molecule has 0 aromatic carbocycles. The summed E-state index contributed by atoms with van der Waals surface area (Å²) in [5.41, 5.74) is 5.81. The molecular weight excluding hydrogens is 200 g/mol. The summed E-state index contributed by atoms with van der Waals surface area (Å²) in [7, 11) is -3.03. The molecule has 2 rings (SSSR count). The van der Waals surface area contributed by atoms with E-state index in [2.05, 4.69) is 0 Å². The van der Waals surface area contributed by atoms with E-state index in [-0.39, 0.29) is 12.1 Å². The van der Waals surface area contributed by atoms with Crippen molar-refractivity contribution in [2.45, 2.75) is 38.3 Å². The highest BCUT2D eigenvalue weighted by Crippen LogP contribution is 2.32. The third-order valence-electron chi connectivity index (χ3n) is 3.26. The SMILES string of the molecule is CC1C(N)CCN1S(=O)(=O)CC1CC1. The van der Waals surface area contributed by atoms with E-state index < -0.39 is 10.0 Å². The molecule has 1 aliphatic heterocycles. The summed E-state index contributed by atoms with van der Waals surface area (Å²) in [6.45, 7) is 2.51. The zero-order chi connectivity index (χ0) is 10.3. The first-order valence-electron chi connectivity index (χ1n) is 5.26. The van der Waals surface area contributed by atoms with Gasteiger partial charge in [0.05, 0.1) is 5.75 Å². The molecule has 2 aliphatic rings. The van der Waals surface area contributed by atoms with Gasteiger partial charge in [-0.25, -0.2) is 8.42 Å². The zero-order valence-corrected chi connectivity index (χ0v) is 9.33. The molecule has 0 bridgehead atoms. The van der Waals surface area contributed by atoms with Crippen molar-refractivity contribution in [1.82, 2.24) is 4.31 Å². The Morgan fingerprint density at radius 2 is 2.00 bits per heavy atom. The summed E-state index contributed by atoms with van der Waals surface area (Å²) in [4.78, 5) is 0. The van der Waals surface area contributed by atoms with Crippen LogP contribution in [0.5, 0.6) is 0 Å². The van der Waals surface area contributed by atoms with Crippen LogP contribution in [0.4, 0.5) is 0 Å². The smallest absolute Gasteiger partial charge is 0.214 e. The highest BCUT2D eigenvalue weighted by Gasteiger charge is 2.39. The van der Waals surface area contributed by atoms with Gasteiger partial charge in [0.2, 0.25) is 10.0 Å². The molecule has 14 heavy (non-hydrogen) atoms. The van der Waals surface area contributed by atoms with Crippen LogP contribution in [-0.4, -0.2) is 37.1 Å². The molecule has 0 amide bonds. The molecule has 0 aromatic rings. The van der Waals surface area contributed by atoms with Gasteiger partial charge >= 0.3 is 0 Å². The molecule has 5 heteroatoms. The number of nitrogens with zero attached hydrogens (tertiary/aromatic N) is 1. The Bertz CT molecular complexity index is 311. The lowest BCUT2D eigenvalue weighted by molar-refractivity contribution is 0.392. The van der Waals surface area contributed by atoms with Crippen LogP contribution in [0.2, 0.25) is 0 Å². The van der Waals surface area contributed by atoms with E-state index in [4.69, 9.17) is 5.73 Å². The fourth-order valence-electron chi connectivity index (χ4n) is 2.01. The molecule has 1 saturated carbocycles. The van der Waals surface area contributed by atoms with Crippen LogP contribution in [0.1, 0.15) is 26.2 Å². The first-order chi connectivity index (χ1) is 6.50. The Morgan fingerprint density at radius 3 is 2.43 bits per heavy atom. The summed E-state index contributed by atoms with van der Waals surface area (Å²) in [6, 6.07) is 0.00253. The van der Waals surface area contributed by atoms with Crippen LogP contribution >= 0.6 is 0 Å². The van der Waals surface area contributed by atoms with E-state index in [9.17, 15) is 8.42 Å². The number of sulfonamides is 1. The van der Waals surface area contributed by atoms with E-state index in [1.807, 2.05) is 6.92 Å². The minimum atomic E-state index is -3.03. The largest absolute Gasteiger partial charge is 0.326 e. The molecule has 82 valence electrons. The molecule has 0 radical (unpaired) electrons. The van der Waals surface area contributed by atoms with E-state index in [1.165, 1.54) is 0 Å². The second kappa shape index (κ2) is 3.47. The number of hydrogen-bond acceptors (Lipinski definition) is 3. The van der Waals surface area contributed by atoms with Gasteiger partial charge in [0.15, 0.2) is 0 Å². The maximum atomic E-state index is 11.9. The maximum absolute atomic E-state index is 11.9. The van der Waals surface area contributed by atoms with Crippen LogP contribution in [0.25, 0.3) is 0 Å². The lowest BCUT2D eigenvalue weighted by Gasteiger charge is -2.22. The van der Waals surface area contributed by atoms with Crippen molar-refractivity contribution in [3.63, 3.8) is 0 Å². The Hall–Kier alpha value is -0.130. The Kier molecular flexibility index (Phi) is 2.57. The Morgan fingerprint density at radius 1 is 1.36 bits per heavy atom. The second-order valence-electron chi connectivity index (χ2n) is 4.53. The summed E-state index contributed by atoms with van der Waals surface area (Å²) in [5.74, 6) is 0.758. The minimum absolute atomic E-state index is 0.0150. The lowest BCUT2D eigenvalue weighted by Crippen LogP contribution is -2.41. The molecule has 1 saturated heterocycles. The van der Waals surface area contributed by atoms with E-state index >= 15 is 0 Å². The molecule has 2 N–H and O–H groups in total. The fraction of sp³-hybridized carbons (Fsp3) is 1.00. The van der Waals surface area contributed by atoms with Crippen LogP contribution in [0.15, 0.2) is 0 Å². The van der Waals surface area contributed by atoms with Crippen molar-refractivity contribution in [3.8, 4) is 0 Å². The monoisotopic (exact) mass is 218 g/mol. The van der Waals surface area contributed by atoms with Crippen LogP contribution in [0.3, 0.4) is 0 Å². The van der Waals surface area contributed by atoms with Gasteiger partial charge < -0.3 is 5.73 Å². The van der Waals surface area contributed by atoms with Crippen molar-refractivity contribution in [3.05, 3.63) is 0 Å². The van der Waals surface area contributed by atoms with Gasteiger partial charge in [0.1, 0.15) is 0 Å². The predicted molar refractivity (Wildman–Crippen MR) is 55.3 cm³/mol. The van der Waals surface area contributed by atoms with Gasteiger partial charge in [-0.1, -0.05) is 0 Å². The molecule has 2 fully saturated rings. The first kappa shape index (κ1) is 10.4. The molecule has 1 aliphatic carbocycles. The molecule has 1 heterocycles. The van der Waals surface area contributed by atoms with Gasteiger partial charge in [-0.05, 0) is 32.1 Å².